The van der Waals surface area contributed by atoms with Crippen LogP contribution in [0.25, 0.3) is 0 Å². The van der Waals surface area contributed by atoms with E-state index in [9.17, 15) is 9.59 Å². The topological polar surface area (TPSA) is 34.1 Å². The Labute approximate surface area is 72.0 Å². The molecule has 0 saturated carbocycles. The molecule has 0 radical (unpaired) electrons. The van der Waals surface area contributed by atoms with E-state index in [1.807, 2.05) is 6.08 Å². The van der Waals surface area contributed by atoms with Crippen LogP contribution in [0.1, 0.15) is 26.2 Å². The van der Waals surface area contributed by atoms with Crippen LogP contribution in [0.4, 0.5) is 0 Å². The Morgan fingerprint density at radius 3 is 2.92 bits per heavy atom. The molecular weight excluding hydrogens is 152 g/mol. The monoisotopic (exact) mass is 164 g/mol. The molecule has 0 atom stereocenters. The maximum Gasteiger partial charge on any atom is 0.152 e. The number of ketones is 2. The van der Waals surface area contributed by atoms with E-state index in [4.69, 9.17) is 0 Å². The number of hydrogen-bond donors (Lipinski definition) is 0. The number of carbonyl (C=O) groups is 2. The zero-order valence-electron chi connectivity index (χ0n) is 7.17. The van der Waals surface area contributed by atoms with Gasteiger partial charge in [0.15, 0.2) is 5.78 Å². The minimum Gasteiger partial charge on any atom is -0.299 e. The van der Waals surface area contributed by atoms with Crippen LogP contribution in [0.2, 0.25) is 0 Å². The lowest BCUT2D eigenvalue weighted by Crippen LogP contribution is -2.03. The van der Waals surface area contributed by atoms with Gasteiger partial charge < -0.3 is 0 Å². The van der Waals surface area contributed by atoms with Gasteiger partial charge in [-0.3, -0.25) is 9.59 Å². The Hall–Kier alpha value is -1.18. The van der Waals surface area contributed by atoms with Crippen LogP contribution >= 0.6 is 0 Å². The third-order valence-electron chi connectivity index (χ3n) is 1.76. The van der Waals surface area contributed by atoms with Gasteiger partial charge in [0.1, 0.15) is 5.78 Å². The predicted molar refractivity (Wildman–Crippen MR) is 46.8 cm³/mol. The second kappa shape index (κ2) is 4.00. The van der Waals surface area contributed by atoms with Gasteiger partial charge in [0.05, 0.1) is 0 Å². The van der Waals surface area contributed by atoms with Crippen molar-refractivity contribution >= 4 is 11.6 Å². The molecule has 1 rings (SSSR count). The van der Waals surface area contributed by atoms with Crippen molar-refractivity contribution in [1.82, 2.24) is 0 Å². The molecule has 0 unspecified atom stereocenters. The molecule has 0 aromatic heterocycles. The Morgan fingerprint density at radius 1 is 1.58 bits per heavy atom. The summed E-state index contributed by atoms with van der Waals surface area (Å²) in [6.45, 7) is 1.50. The van der Waals surface area contributed by atoms with Gasteiger partial charge in [-0.15, -0.1) is 0 Å². The van der Waals surface area contributed by atoms with E-state index >= 15 is 0 Å². The molecule has 0 aromatic rings. The van der Waals surface area contributed by atoms with Gasteiger partial charge in [-0.1, -0.05) is 12.2 Å². The maximum absolute atomic E-state index is 11.0. The molecule has 1 aliphatic rings. The van der Waals surface area contributed by atoms with E-state index in [1.54, 1.807) is 6.08 Å². The van der Waals surface area contributed by atoms with Crippen molar-refractivity contribution in [2.45, 2.75) is 26.2 Å². The molecule has 64 valence electrons. The van der Waals surface area contributed by atoms with Crippen molar-refractivity contribution in [3.63, 3.8) is 0 Å². The highest BCUT2D eigenvalue weighted by Crippen LogP contribution is 2.15. The van der Waals surface area contributed by atoms with E-state index in [1.165, 1.54) is 13.0 Å². The van der Waals surface area contributed by atoms with Crippen LogP contribution in [-0.2, 0) is 9.59 Å². The second-order valence-electron chi connectivity index (χ2n) is 2.98. The largest absolute Gasteiger partial charge is 0.299 e. The van der Waals surface area contributed by atoms with Crippen molar-refractivity contribution in [2.75, 3.05) is 0 Å². The Balaban J connectivity index is 2.58. The number of carbonyl (C=O) groups excluding carboxylic acids is 2. The summed E-state index contributed by atoms with van der Waals surface area (Å²) in [5, 5.41) is 0. The highest BCUT2D eigenvalue weighted by Gasteiger charge is 2.08. The van der Waals surface area contributed by atoms with Crippen LogP contribution in [0.3, 0.4) is 0 Å². The second-order valence-corrected chi connectivity index (χ2v) is 2.98. The zero-order chi connectivity index (χ0) is 8.97. The standard InChI is InChI=1S/C10H12O2/c1-8(11)5-6-9-3-2-4-10(12)7-9/h3,5-6H,2,4,7H2,1H3/b6-5+. The number of hydrogen-bond acceptors (Lipinski definition) is 2. The first kappa shape index (κ1) is 8.91. The van der Waals surface area contributed by atoms with Gasteiger partial charge in [-0.2, -0.15) is 0 Å². The highest BCUT2D eigenvalue weighted by molar-refractivity contribution is 5.88. The van der Waals surface area contributed by atoms with Gasteiger partial charge >= 0.3 is 0 Å². The molecule has 0 aliphatic heterocycles. The van der Waals surface area contributed by atoms with Crippen LogP contribution in [0.5, 0.6) is 0 Å². The van der Waals surface area contributed by atoms with Crippen LogP contribution < -0.4 is 0 Å². The molecule has 0 amide bonds. The fourth-order valence-corrected chi connectivity index (χ4v) is 1.16. The van der Waals surface area contributed by atoms with E-state index in [2.05, 4.69) is 0 Å². The fraction of sp³-hybridized carbons (Fsp3) is 0.400. The minimum absolute atomic E-state index is 0.0222. The van der Waals surface area contributed by atoms with Crippen molar-refractivity contribution in [3.8, 4) is 0 Å². The highest BCUT2D eigenvalue weighted by atomic mass is 16.1. The minimum atomic E-state index is 0.0222. The lowest BCUT2D eigenvalue weighted by molar-refractivity contribution is -0.118. The Kier molecular flexibility index (Phi) is 2.97. The van der Waals surface area contributed by atoms with Crippen LogP contribution in [0.15, 0.2) is 23.8 Å². The summed E-state index contributed by atoms with van der Waals surface area (Å²) in [7, 11) is 0. The third kappa shape index (κ3) is 2.82. The first-order valence-electron chi connectivity index (χ1n) is 4.08. The SMILES string of the molecule is CC(=O)/C=C/C1=CCCC(=O)C1. The summed E-state index contributed by atoms with van der Waals surface area (Å²) in [5.74, 6) is 0.287. The molecule has 0 fully saturated rings. The molecule has 0 N–H and O–H groups in total. The van der Waals surface area contributed by atoms with Crippen molar-refractivity contribution < 1.29 is 9.59 Å². The fourth-order valence-electron chi connectivity index (χ4n) is 1.16. The smallest absolute Gasteiger partial charge is 0.152 e. The summed E-state index contributed by atoms with van der Waals surface area (Å²) < 4.78 is 0. The van der Waals surface area contributed by atoms with E-state index in [-0.39, 0.29) is 11.6 Å². The molecule has 0 saturated heterocycles. The molecule has 0 aromatic carbocycles. The molecule has 0 spiro atoms. The van der Waals surface area contributed by atoms with Crippen molar-refractivity contribution in [2.24, 2.45) is 0 Å². The summed E-state index contributed by atoms with van der Waals surface area (Å²) in [4.78, 5) is 21.5. The molecule has 12 heavy (non-hydrogen) atoms. The van der Waals surface area contributed by atoms with Gasteiger partial charge in [0, 0.05) is 12.8 Å². The Bertz CT molecular complexity index is 259. The summed E-state index contributed by atoms with van der Waals surface area (Å²) in [5.41, 5.74) is 0.974. The molecule has 2 heteroatoms. The van der Waals surface area contributed by atoms with Gasteiger partial charge in [0.25, 0.3) is 0 Å². The molecule has 0 heterocycles. The van der Waals surface area contributed by atoms with Crippen molar-refractivity contribution in [3.05, 3.63) is 23.8 Å². The number of Topliss-reactive ketones (excluding diaryl/α,β-unsaturated/α-hetero) is 1. The zero-order valence-corrected chi connectivity index (χ0v) is 7.17. The van der Waals surface area contributed by atoms with E-state index < -0.39 is 0 Å². The molecule has 1 aliphatic carbocycles. The van der Waals surface area contributed by atoms with Gasteiger partial charge in [-0.25, -0.2) is 0 Å². The average molecular weight is 164 g/mol. The van der Waals surface area contributed by atoms with Gasteiger partial charge in [0.2, 0.25) is 0 Å². The summed E-state index contributed by atoms with van der Waals surface area (Å²) in [6, 6.07) is 0. The van der Waals surface area contributed by atoms with E-state index in [0.29, 0.717) is 12.8 Å². The Morgan fingerprint density at radius 2 is 2.33 bits per heavy atom. The predicted octanol–water partition coefficient (Wildman–Crippen LogP) is 1.81. The van der Waals surface area contributed by atoms with Gasteiger partial charge in [-0.05, 0) is 25.0 Å². The lowest BCUT2D eigenvalue weighted by Gasteiger charge is -2.06. The summed E-state index contributed by atoms with van der Waals surface area (Å²) >= 11 is 0. The normalized spacial score (nSPS) is 18.1. The number of allylic oxidation sites excluding steroid dienone is 4. The van der Waals surface area contributed by atoms with E-state index in [0.717, 1.165) is 12.0 Å². The lowest BCUT2D eigenvalue weighted by atomic mass is 9.98. The molecule has 0 bridgehead atoms. The first-order chi connectivity index (χ1) is 5.68. The maximum atomic E-state index is 11.0. The van der Waals surface area contributed by atoms with Crippen molar-refractivity contribution in [1.29, 1.82) is 0 Å². The molecule has 2 nitrogen and oxygen atoms in total. The van der Waals surface area contributed by atoms with Crippen LogP contribution in [0, 0.1) is 0 Å². The number of rotatable bonds is 2. The van der Waals surface area contributed by atoms with Crippen LogP contribution in [-0.4, -0.2) is 11.6 Å². The summed E-state index contributed by atoms with van der Waals surface area (Å²) in [6.07, 6.45) is 7.21. The first-order valence-corrected chi connectivity index (χ1v) is 4.08. The average Bonchev–Trinajstić information content (AvgIpc) is 2.01. The third-order valence-corrected chi connectivity index (χ3v) is 1.76. The quantitative estimate of drug-likeness (QED) is 0.583. The molecular formula is C10H12O2.